The molecule has 2 rings (SSSR count). The quantitative estimate of drug-likeness (QED) is 0.876. The van der Waals surface area contributed by atoms with Crippen LogP contribution in [0.5, 0.6) is 0 Å². The Bertz CT molecular complexity index is 658. The maximum atomic E-state index is 8.82. The van der Waals surface area contributed by atoms with Gasteiger partial charge in [-0.2, -0.15) is 0 Å². The van der Waals surface area contributed by atoms with Crippen molar-refractivity contribution in [3.63, 3.8) is 0 Å². The molecule has 0 aliphatic rings. The zero-order valence-corrected chi connectivity index (χ0v) is 12.8. The van der Waals surface area contributed by atoms with E-state index < -0.39 is 0 Å². The molecule has 0 heterocycles. The van der Waals surface area contributed by atoms with E-state index in [4.69, 9.17) is 16.7 Å². The van der Waals surface area contributed by atoms with Crippen molar-refractivity contribution in [3.05, 3.63) is 70.2 Å². The van der Waals surface area contributed by atoms with Gasteiger partial charge in [0.25, 0.3) is 0 Å². The summed E-state index contributed by atoms with van der Waals surface area (Å²) in [5.41, 5.74) is 3.30. The minimum Gasteiger partial charge on any atom is -0.384 e. The van der Waals surface area contributed by atoms with Crippen molar-refractivity contribution < 1.29 is 5.11 Å². The molecule has 2 nitrogen and oxygen atoms in total. The smallest absolute Gasteiger partial charge is 0.104 e. The van der Waals surface area contributed by atoms with Crippen LogP contribution >= 0.6 is 11.6 Å². The molecular weight excluding hydrogens is 282 g/mol. The maximum Gasteiger partial charge on any atom is 0.104 e. The minimum atomic E-state index is -0.118. The Labute approximate surface area is 131 Å². The monoisotopic (exact) mass is 299 g/mol. The lowest BCUT2D eigenvalue weighted by atomic mass is 10.1. The van der Waals surface area contributed by atoms with E-state index in [1.54, 1.807) is 0 Å². The Morgan fingerprint density at radius 1 is 1.10 bits per heavy atom. The zero-order chi connectivity index (χ0) is 15.1. The molecule has 0 spiro atoms. The highest BCUT2D eigenvalue weighted by Gasteiger charge is 2.05. The Morgan fingerprint density at radius 3 is 2.67 bits per heavy atom. The molecule has 0 atom stereocenters. The van der Waals surface area contributed by atoms with Crippen LogP contribution in [0.15, 0.2) is 48.5 Å². The van der Waals surface area contributed by atoms with E-state index in [0.717, 1.165) is 29.2 Å². The maximum absolute atomic E-state index is 8.82. The molecule has 0 amide bonds. The first-order valence-electron chi connectivity index (χ1n) is 6.79. The Hall–Kier alpha value is -1.79. The minimum absolute atomic E-state index is 0.118. The summed E-state index contributed by atoms with van der Waals surface area (Å²) in [5.74, 6) is 5.70. The van der Waals surface area contributed by atoms with Crippen molar-refractivity contribution in [2.45, 2.75) is 13.1 Å². The largest absolute Gasteiger partial charge is 0.384 e. The second kappa shape index (κ2) is 7.85. The van der Waals surface area contributed by atoms with Gasteiger partial charge in [-0.15, -0.1) is 0 Å². The molecule has 1 N–H and O–H groups in total. The highest BCUT2D eigenvalue weighted by atomic mass is 35.5. The third-order valence-electron chi connectivity index (χ3n) is 3.10. The van der Waals surface area contributed by atoms with Crippen LogP contribution in [0.3, 0.4) is 0 Å². The van der Waals surface area contributed by atoms with Gasteiger partial charge in [0.1, 0.15) is 6.61 Å². The normalized spacial score (nSPS) is 10.3. The van der Waals surface area contributed by atoms with Crippen LogP contribution in [0.25, 0.3) is 0 Å². The van der Waals surface area contributed by atoms with Crippen LogP contribution in [0, 0.1) is 11.8 Å². The third-order valence-corrected chi connectivity index (χ3v) is 3.34. The lowest BCUT2D eigenvalue weighted by Crippen LogP contribution is -2.17. The van der Waals surface area contributed by atoms with Crippen molar-refractivity contribution in [3.8, 4) is 11.8 Å². The molecule has 0 saturated heterocycles. The highest BCUT2D eigenvalue weighted by molar-refractivity contribution is 6.30. The summed E-state index contributed by atoms with van der Waals surface area (Å²) in [7, 11) is 2.07. The Kier molecular flexibility index (Phi) is 5.83. The summed E-state index contributed by atoms with van der Waals surface area (Å²) >= 11 is 6.01. The van der Waals surface area contributed by atoms with E-state index in [9.17, 15) is 0 Å². The van der Waals surface area contributed by atoms with Crippen molar-refractivity contribution in [2.24, 2.45) is 0 Å². The average Bonchev–Trinajstić information content (AvgIpc) is 2.46. The first kappa shape index (κ1) is 15.6. The van der Waals surface area contributed by atoms with Crippen LogP contribution in [0.2, 0.25) is 5.02 Å². The molecule has 0 bridgehead atoms. The first-order valence-corrected chi connectivity index (χ1v) is 7.17. The van der Waals surface area contributed by atoms with E-state index in [-0.39, 0.29) is 6.61 Å². The summed E-state index contributed by atoms with van der Waals surface area (Å²) in [4.78, 5) is 2.21. The van der Waals surface area contributed by atoms with Crippen molar-refractivity contribution >= 4 is 11.6 Å². The molecule has 3 heteroatoms. The fourth-order valence-electron chi connectivity index (χ4n) is 2.21. The summed E-state index contributed by atoms with van der Waals surface area (Å²) in [6.07, 6.45) is 0. The number of hydrogen-bond acceptors (Lipinski definition) is 2. The zero-order valence-electron chi connectivity index (χ0n) is 12.0. The predicted octanol–water partition coefficient (Wildman–Crippen LogP) is 3.32. The van der Waals surface area contributed by atoms with E-state index in [2.05, 4.69) is 35.9 Å². The van der Waals surface area contributed by atoms with Gasteiger partial charge < -0.3 is 5.11 Å². The number of hydrogen-bond donors (Lipinski definition) is 1. The second-order valence-corrected chi connectivity index (χ2v) is 5.36. The van der Waals surface area contributed by atoms with Gasteiger partial charge in [-0.3, -0.25) is 4.90 Å². The van der Waals surface area contributed by atoms with Gasteiger partial charge in [0.2, 0.25) is 0 Å². The Morgan fingerprint density at radius 2 is 1.90 bits per heavy atom. The average molecular weight is 300 g/mol. The number of aliphatic hydroxyl groups excluding tert-OH is 1. The van der Waals surface area contributed by atoms with Gasteiger partial charge in [-0.25, -0.2) is 0 Å². The fraction of sp³-hybridized carbons (Fsp3) is 0.222. The van der Waals surface area contributed by atoms with Gasteiger partial charge in [-0.1, -0.05) is 53.8 Å². The number of rotatable bonds is 4. The molecule has 0 saturated carbocycles. The molecular formula is C18H18ClNO. The summed E-state index contributed by atoms with van der Waals surface area (Å²) in [6.45, 7) is 1.50. The van der Waals surface area contributed by atoms with Crippen LogP contribution in [0.4, 0.5) is 0 Å². The lowest BCUT2D eigenvalue weighted by molar-refractivity contribution is 0.319. The van der Waals surface area contributed by atoms with Crippen molar-refractivity contribution in [1.82, 2.24) is 4.90 Å². The van der Waals surface area contributed by atoms with Crippen LogP contribution in [-0.2, 0) is 13.1 Å². The van der Waals surface area contributed by atoms with Gasteiger partial charge in [0.15, 0.2) is 0 Å². The number of halogens is 1. The summed E-state index contributed by atoms with van der Waals surface area (Å²) in [6, 6.07) is 15.9. The molecule has 0 fully saturated rings. The number of aliphatic hydroxyl groups is 1. The van der Waals surface area contributed by atoms with Gasteiger partial charge in [0, 0.05) is 23.7 Å². The van der Waals surface area contributed by atoms with E-state index >= 15 is 0 Å². The molecule has 0 aliphatic carbocycles. The highest BCUT2D eigenvalue weighted by Crippen LogP contribution is 2.15. The molecule has 0 aromatic heterocycles. The van der Waals surface area contributed by atoms with E-state index in [0.29, 0.717) is 0 Å². The Balaban J connectivity index is 2.07. The molecule has 108 valence electrons. The first-order chi connectivity index (χ1) is 10.2. The van der Waals surface area contributed by atoms with Gasteiger partial charge in [-0.05, 0) is 36.4 Å². The van der Waals surface area contributed by atoms with Crippen molar-refractivity contribution in [2.75, 3.05) is 13.7 Å². The second-order valence-electron chi connectivity index (χ2n) is 4.92. The molecule has 2 aromatic rings. The van der Waals surface area contributed by atoms with Gasteiger partial charge in [0.05, 0.1) is 0 Å². The van der Waals surface area contributed by atoms with E-state index in [1.807, 2.05) is 36.4 Å². The SMILES string of the molecule is CN(Cc1cccc(Cl)c1)Cc1ccccc1C#CCO. The van der Waals surface area contributed by atoms with Crippen LogP contribution < -0.4 is 0 Å². The standard InChI is InChI=1S/C18H18ClNO/c1-20(13-15-6-4-10-18(19)12-15)14-17-8-3-2-7-16(17)9-5-11-21/h2-4,6-8,10,12,21H,11,13-14H2,1H3. The molecule has 0 radical (unpaired) electrons. The van der Waals surface area contributed by atoms with Gasteiger partial charge >= 0.3 is 0 Å². The van der Waals surface area contributed by atoms with Crippen LogP contribution in [-0.4, -0.2) is 23.7 Å². The summed E-state index contributed by atoms with van der Waals surface area (Å²) in [5, 5.41) is 9.58. The fourth-order valence-corrected chi connectivity index (χ4v) is 2.42. The van der Waals surface area contributed by atoms with Crippen LogP contribution in [0.1, 0.15) is 16.7 Å². The van der Waals surface area contributed by atoms with Crippen molar-refractivity contribution in [1.29, 1.82) is 0 Å². The topological polar surface area (TPSA) is 23.5 Å². The number of nitrogens with zero attached hydrogens (tertiary/aromatic N) is 1. The predicted molar refractivity (Wildman–Crippen MR) is 87.0 cm³/mol. The molecule has 0 unspecified atom stereocenters. The van der Waals surface area contributed by atoms with E-state index in [1.165, 1.54) is 5.56 Å². The molecule has 0 aliphatic heterocycles. The summed E-state index contributed by atoms with van der Waals surface area (Å²) < 4.78 is 0. The lowest BCUT2D eigenvalue weighted by Gasteiger charge is -2.18. The number of benzene rings is 2. The third kappa shape index (κ3) is 4.91. The molecule has 2 aromatic carbocycles. The molecule has 21 heavy (non-hydrogen) atoms.